The molecule has 0 aliphatic rings. The summed E-state index contributed by atoms with van der Waals surface area (Å²) in [5, 5.41) is 0. The molecule has 0 radical (unpaired) electrons. The maximum absolute atomic E-state index is 13.9. The van der Waals surface area contributed by atoms with E-state index in [-0.39, 0.29) is 12.2 Å². The van der Waals surface area contributed by atoms with E-state index in [1.807, 2.05) is 0 Å². The molecule has 0 saturated heterocycles. The Morgan fingerprint density at radius 2 is 1.79 bits per heavy atom. The van der Waals surface area contributed by atoms with Crippen molar-refractivity contribution in [1.29, 1.82) is 0 Å². The second-order valence-electron chi connectivity index (χ2n) is 4.04. The largest absolute Gasteiger partial charge is 0.462 e. The third-order valence-corrected chi connectivity index (χ3v) is 2.71. The van der Waals surface area contributed by atoms with E-state index in [1.54, 1.807) is 37.3 Å². The van der Waals surface area contributed by atoms with Gasteiger partial charge in [0, 0.05) is 5.69 Å². The van der Waals surface area contributed by atoms with Gasteiger partial charge in [-0.25, -0.2) is 9.18 Å². The van der Waals surface area contributed by atoms with Crippen LogP contribution in [0.2, 0.25) is 0 Å². The Morgan fingerprint density at radius 1 is 1.16 bits per heavy atom. The van der Waals surface area contributed by atoms with Crippen molar-refractivity contribution < 1.29 is 13.9 Å². The van der Waals surface area contributed by atoms with Crippen molar-refractivity contribution in [1.82, 2.24) is 0 Å². The molecule has 0 saturated carbocycles. The summed E-state index contributed by atoms with van der Waals surface area (Å²) in [6, 6.07) is 11.5. The van der Waals surface area contributed by atoms with Crippen LogP contribution >= 0.6 is 0 Å². The lowest BCUT2D eigenvalue weighted by molar-refractivity contribution is 0.0521. The Kier molecular flexibility index (Phi) is 3.80. The van der Waals surface area contributed by atoms with Crippen LogP contribution in [0.3, 0.4) is 0 Å². The molecule has 0 aliphatic carbocycles. The quantitative estimate of drug-likeness (QED) is 0.680. The number of carbonyl (C=O) groups is 1. The second kappa shape index (κ2) is 5.52. The number of nitrogen functional groups attached to an aromatic ring is 1. The summed E-state index contributed by atoms with van der Waals surface area (Å²) < 4.78 is 18.6. The molecule has 3 nitrogen and oxygen atoms in total. The fraction of sp³-hybridized carbons (Fsp3) is 0.133. The van der Waals surface area contributed by atoms with E-state index in [1.165, 1.54) is 12.1 Å². The summed E-state index contributed by atoms with van der Waals surface area (Å²) >= 11 is 0. The van der Waals surface area contributed by atoms with Gasteiger partial charge in [0.15, 0.2) is 0 Å². The Morgan fingerprint density at radius 3 is 2.37 bits per heavy atom. The molecule has 0 fully saturated rings. The smallest absolute Gasteiger partial charge is 0.341 e. The molecule has 0 amide bonds. The Bertz CT molecular complexity index is 594. The molecule has 4 heteroatoms. The summed E-state index contributed by atoms with van der Waals surface area (Å²) in [4.78, 5) is 11.5. The van der Waals surface area contributed by atoms with Gasteiger partial charge < -0.3 is 10.5 Å². The maximum atomic E-state index is 13.9. The number of hydrogen-bond acceptors (Lipinski definition) is 3. The van der Waals surface area contributed by atoms with Gasteiger partial charge in [0.25, 0.3) is 0 Å². The van der Waals surface area contributed by atoms with E-state index in [0.717, 1.165) is 5.56 Å². The van der Waals surface area contributed by atoms with Crippen molar-refractivity contribution in [3.63, 3.8) is 0 Å². The molecule has 0 spiro atoms. The van der Waals surface area contributed by atoms with Gasteiger partial charge in [0.2, 0.25) is 0 Å². The van der Waals surface area contributed by atoms with Crippen LogP contribution in [0.15, 0.2) is 42.5 Å². The molecule has 2 aromatic carbocycles. The molecule has 19 heavy (non-hydrogen) atoms. The fourth-order valence-electron chi connectivity index (χ4n) is 1.74. The van der Waals surface area contributed by atoms with Gasteiger partial charge in [0.05, 0.1) is 12.2 Å². The minimum absolute atomic E-state index is 0.0546. The van der Waals surface area contributed by atoms with E-state index in [0.29, 0.717) is 11.3 Å². The monoisotopic (exact) mass is 259 g/mol. The first-order valence-corrected chi connectivity index (χ1v) is 5.94. The van der Waals surface area contributed by atoms with E-state index < -0.39 is 11.8 Å². The molecule has 2 N–H and O–H groups in total. The van der Waals surface area contributed by atoms with Gasteiger partial charge >= 0.3 is 5.97 Å². The number of nitrogens with two attached hydrogens (primary N) is 1. The van der Waals surface area contributed by atoms with Crippen molar-refractivity contribution in [3.05, 3.63) is 53.8 Å². The Labute approximate surface area is 110 Å². The van der Waals surface area contributed by atoms with Gasteiger partial charge in [-0.2, -0.15) is 0 Å². The average Bonchev–Trinajstić information content (AvgIpc) is 2.39. The van der Waals surface area contributed by atoms with Crippen LogP contribution in [0.25, 0.3) is 11.1 Å². The lowest BCUT2D eigenvalue weighted by Gasteiger charge is -2.06. The van der Waals surface area contributed by atoms with Gasteiger partial charge in [-0.05, 0) is 42.3 Å². The summed E-state index contributed by atoms with van der Waals surface area (Å²) in [6.07, 6.45) is 0. The first kappa shape index (κ1) is 13.1. The molecular formula is C15H14FNO2. The molecule has 0 bridgehead atoms. The van der Waals surface area contributed by atoms with E-state index >= 15 is 0 Å². The van der Waals surface area contributed by atoms with Crippen LogP contribution in [0.4, 0.5) is 10.1 Å². The molecule has 0 heterocycles. The lowest BCUT2D eigenvalue weighted by atomic mass is 10.0. The van der Waals surface area contributed by atoms with Crippen molar-refractivity contribution in [2.75, 3.05) is 12.3 Å². The van der Waals surface area contributed by atoms with E-state index in [9.17, 15) is 9.18 Å². The van der Waals surface area contributed by atoms with Gasteiger partial charge in [0.1, 0.15) is 5.82 Å². The lowest BCUT2D eigenvalue weighted by Crippen LogP contribution is -2.07. The highest BCUT2D eigenvalue weighted by Crippen LogP contribution is 2.23. The number of esters is 1. The maximum Gasteiger partial charge on any atom is 0.341 e. The molecule has 2 rings (SSSR count). The first-order valence-electron chi connectivity index (χ1n) is 5.94. The molecule has 2 aromatic rings. The fourth-order valence-corrected chi connectivity index (χ4v) is 1.74. The van der Waals surface area contributed by atoms with Crippen LogP contribution in [0, 0.1) is 5.82 Å². The van der Waals surface area contributed by atoms with Crippen molar-refractivity contribution in [2.45, 2.75) is 6.92 Å². The van der Waals surface area contributed by atoms with Gasteiger partial charge in [-0.15, -0.1) is 0 Å². The number of halogens is 1. The standard InChI is InChI=1S/C15H14FNO2/c1-2-19-15(18)13-8-5-11(9-14(13)16)10-3-6-12(17)7-4-10/h3-9H,2,17H2,1H3. The molecular weight excluding hydrogens is 245 g/mol. The highest BCUT2D eigenvalue weighted by molar-refractivity contribution is 5.90. The number of rotatable bonds is 3. The zero-order chi connectivity index (χ0) is 13.8. The van der Waals surface area contributed by atoms with Crippen molar-refractivity contribution >= 4 is 11.7 Å². The summed E-state index contributed by atoms with van der Waals surface area (Å²) in [5.41, 5.74) is 7.71. The third kappa shape index (κ3) is 2.91. The van der Waals surface area contributed by atoms with Gasteiger partial charge in [-0.3, -0.25) is 0 Å². The van der Waals surface area contributed by atoms with E-state index in [4.69, 9.17) is 10.5 Å². The number of carbonyl (C=O) groups excluding carboxylic acids is 1. The van der Waals surface area contributed by atoms with Crippen LogP contribution in [0.1, 0.15) is 17.3 Å². The zero-order valence-corrected chi connectivity index (χ0v) is 10.5. The highest BCUT2D eigenvalue weighted by atomic mass is 19.1. The first-order chi connectivity index (χ1) is 9.11. The Balaban J connectivity index is 2.33. The third-order valence-electron chi connectivity index (χ3n) is 2.71. The summed E-state index contributed by atoms with van der Waals surface area (Å²) in [5.74, 6) is -1.24. The number of hydrogen-bond donors (Lipinski definition) is 1. The molecule has 0 atom stereocenters. The topological polar surface area (TPSA) is 52.3 Å². The van der Waals surface area contributed by atoms with Crippen LogP contribution in [0.5, 0.6) is 0 Å². The van der Waals surface area contributed by atoms with Crippen LogP contribution in [-0.4, -0.2) is 12.6 Å². The highest BCUT2D eigenvalue weighted by Gasteiger charge is 2.13. The minimum atomic E-state index is -0.649. The van der Waals surface area contributed by atoms with Crippen LogP contribution < -0.4 is 5.73 Å². The number of anilines is 1. The number of benzene rings is 2. The summed E-state index contributed by atoms with van der Waals surface area (Å²) in [6.45, 7) is 1.90. The molecule has 98 valence electrons. The summed E-state index contributed by atoms with van der Waals surface area (Å²) in [7, 11) is 0. The van der Waals surface area contributed by atoms with Gasteiger partial charge in [-0.1, -0.05) is 18.2 Å². The number of ether oxygens (including phenoxy) is 1. The van der Waals surface area contributed by atoms with E-state index in [2.05, 4.69) is 0 Å². The minimum Gasteiger partial charge on any atom is -0.462 e. The van der Waals surface area contributed by atoms with Crippen LogP contribution in [-0.2, 0) is 4.74 Å². The van der Waals surface area contributed by atoms with Crippen molar-refractivity contribution in [2.24, 2.45) is 0 Å². The normalized spacial score (nSPS) is 10.2. The molecule has 0 aromatic heterocycles. The molecule has 0 unspecified atom stereocenters. The zero-order valence-electron chi connectivity index (χ0n) is 10.5. The average molecular weight is 259 g/mol. The predicted molar refractivity (Wildman–Crippen MR) is 72.2 cm³/mol. The SMILES string of the molecule is CCOC(=O)c1ccc(-c2ccc(N)cc2)cc1F. The second-order valence-corrected chi connectivity index (χ2v) is 4.04. The Hall–Kier alpha value is -2.36. The predicted octanol–water partition coefficient (Wildman–Crippen LogP) is 3.25. The van der Waals surface area contributed by atoms with Crippen molar-refractivity contribution in [3.8, 4) is 11.1 Å². The molecule has 0 aliphatic heterocycles.